The normalized spacial score (nSPS) is 13.6. The molecule has 0 N–H and O–H groups in total. The van der Waals surface area contributed by atoms with Crippen molar-refractivity contribution in [2.45, 2.75) is 40.2 Å². The molecule has 0 saturated heterocycles. The first-order chi connectivity index (χ1) is 11.9. The van der Waals surface area contributed by atoms with Crippen LogP contribution in [0.1, 0.15) is 43.9 Å². The average Bonchev–Trinajstić information content (AvgIpc) is 2.55. The number of rotatable bonds is 9. The molecule has 1 atom stereocenters. The van der Waals surface area contributed by atoms with Gasteiger partial charge >= 0.3 is 6.72 Å². The highest BCUT2D eigenvalue weighted by molar-refractivity contribution is 8.07. The molecule has 0 saturated carbocycles. The SMILES string of the molecule is CCOP(=S)(OOCc1cccnn1)Oc1cc(C)nc(C(C)C)n1. The lowest BCUT2D eigenvalue weighted by molar-refractivity contribution is -0.226. The summed E-state index contributed by atoms with van der Waals surface area (Å²) in [7, 11) is 0. The van der Waals surface area contributed by atoms with Crippen molar-refractivity contribution in [3.05, 3.63) is 41.6 Å². The van der Waals surface area contributed by atoms with Crippen LogP contribution in [0, 0.1) is 6.92 Å². The van der Waals surface area contributed by atoms with Gasteiger partial charge in [-0.25, -0.2) is 9.87 Å². The Balaban J connectivity index is 2.07. The minimum Gasteiger partial charge on any atom is -0.404 e. The third-order valence-electron chi connectivity index (χ3n) is 2.84. The summed E-state index contributed by atoms with van der Waals surface area (Å²) in [6.07, 6.45) is 1.57. The van der Waals surface area contributed by atoms with Gasteiger partial charge in [0.15, 0.2) is 0 Å². The maximum Gasteiger partial charge on any atom is 0.409 e. The number of aryl methyl sites for hydroxylation is 1. The van der Waals surface area contributed by atoms with Crippen molar-refractivity contribution in [3.8, 4) is 5.88 Å². The fraction of sp³-hybridized carbons (Fsp3) is 0.467. The third-order valence-corrected chi connectivity index (χ3v) is 4.83. The summed E-state index contributed by atoms with van der Waals surface area (Å²) in [5.74, 6) is 1.12. The van der Waals surface area contributed by atoms with Gasteiger partial charge < -0.3 is 4.52 Å². The number of nitrogens with zero attached hydrogens (tertiary/aromatic N) is 4. The van der Waals surface area contributed by atoms with Gasteiger partial charge in [0, 0.05) is 35.7 Å². The molecule has 0 bridgehead atoms. The average molecular weight is 384 g/mol. The molecular formula is C15H21N4O4PS. The van der Waals surface area contributed by atoms with Crippen LogP contribution in [-0.4, -0.2) is 26.8 Å². The molecule has 10 heteroatoms. The zero-order valence-corrected chi connectivity index (χ0v) is 16.3. The van der Waals surface area contributed by atoms with E-state index in [-0.39, 0.29) is 12.5 Å². The molecule has 0 radical (unpaired) electrons. The van der Waals surface area contributed by atoms with E-state index in [0.29, 0.717) is 24.0 Å². The lowest BCUT2D eigenvalue weighted by Gasteiger charge is -2.20. The summed E-state index contributed by atoms with van der Waals surface area (Å²) in [6, 6.07) is 5.18. The van der Waals surface area contributed by atoms with E-state index in [1.54, 1.807) is 31.3 Å². The van der Waals surface area contributed by atoms with Crippen LogP contribution < -0.4 is 4.52 Å². The summed E-state index contributed by atoms with van der Waals surface area (Å²) in [5, 5.41) is 7.65. The van der Waals surface area contributed by atoms with Crippen LogP contribution in [0.25, 0.3) is 0 Å². The summed E-state index contributed by atoms with van der Waals surface area (Å²) in [6.45, 7) is 4.85. The first kappa shape index (κ1) is 19.8. The number of hydrogen-bond acceptors (Lipinski definition) is 9. The number of hydrogen-bond donors (Lipinski definition) is 0. The molecule has 2 aromatic heterocycles. The molecule has 136 valence electrons. The first-order valence-electron chi connectivity index (χ1n) is 7.79. The van der Waals surface area contributed by atoms with Crippen molar-refractivity contribution in [1.82, 2.24) is 20.2 Å². The summed E-state index contributed by atoms with van der Waals surface area (Å²) >= 11 is 5.37. The van der Waals surface area contributed by atoms with Gasteiger partial charge in [0.25, 0.3) is 0 Å². The Bertz CT molecular complexity index is 733. The molecule has 2 aromatic rings. The minimum atomic E-state index is -3.18. The third kappa shape index (κ3) is 6.37. The van der Waals surface area contributed by atoms with E-state index in [2.05, 4.69) is 20.2 Å². The zero-order chi connectivity index (χ0) is 18.3. The van der Waals surface area contributed by atoms with Crippen LogP contribution >= 0.6 is 6.72 Å². The van der Waals surface area contributed by atoms with Crippen LogP contribution in [0.5, 0.6) is 5.88 Å². The molecule has 0 aliphatic carbocycles. The van der Waals surface area contributed by atoms with Crippen LogP contribution in [0.15, 0.2) is 24.4 Å². The van der Waals surface area contributed by atoms with Crippen molar-refractivity contribution >= 4 is 18.5 Å². The van der Waals surface area contributed by atoms with Crippen LogP contribution in [-0.2, 0) is 32.5 Å². The molecule has 1 unspecified atom stereocenters. The largest absolute Gasteiger partial charge is 0.409 e. The smallest absolute Gasteiger partial charge is 0.404 e. The van der Waals surface area contributed by atoms with E-state index < -0.39 is 6.72 Å². The molecule has 0 fully saturated rings. The molecule has 0 spiro atoms. The fourth-order valence-corrected chi connectivity index (χ4v) is 3.39. The highest BCUT2D eigenvalue weighted by atomic mass is 32.5. The monoisotopic (exact) mass is 384 g/mol. The lowest BCUT2D eigenvalue weighted by Crippen LogP contribution is -2.07. The van der Waals surface area contributed by atoms with E-state index in [9.17, 15) is 0 Å². The van der Waals surface area contributed by atoms with Crippen molar-refractivity contribution < 1.29 is 18.6 Å². The van der Waals surface area contributed by atoms with E-state index in [1.807, 2.05) is 20.8 Å². The van der Waals surface area contributed by atoms with E-state index in [0.717, 1.165) is 5.69 Å². The summed E-state index contributed by atoms with van der Waals surface area (Å²) < 4.78 is 16.5. The predicted molar refractivity (Wildman–Crippen MR) is 95.3 cm³/mol. The summed E-state index contributed by atoms with van der Waals surface area (Å²) in [4.78, 5) is 13.9. The van der Waals surface area contributed by atoms with Gasteiger partial charge in [-0.15, -0.1) is 4.67 Å². The Morgan fingerprint density at radius 1 is 1.28 bits per heavy atom. The van der Waals surface area contributed by atoms with Gasteiger partial charge in [0.05, 0.1) is 12.3 Å². The number of aromatic nitrogens is 4. The Morgan fingerprint density at radius 2 is 2.08 bits per heavy atom. The summed E-state index contributed by atoms with van der Waals surface area (Å²) in [5.41, 5.74) is 1.37. The van der Waals surface area contributed by atoms with Gasteiger partial charge in [0.1, 0.15) is 12.4 Å². The zero-order valence-electron chi connectivity index (χ0n) is 14.6. The second-order valence-electron chi connectivity index (χ2n) is 5.37. The highest BCUT2D eigenvalue weighted by Crippen LogP contribution is 2.49. The van der Waals surface area contributed by atoms with Crippen LogP contribution in [0.2, 0.25) is 0 Å². The van der Waals surface area contributed by atoms with Gasteiger partial charge in [-0.2, -0.15) is 15.2 Å². The maximum atomic E-state index is 5.72. The maximum absolute atomic E-state index is 5.72. The van der Waals surface area contributed by atoms with Crippen molar-refractivity contribution in [2.24, 2.45) is 0 Å². The van der Waals surface area contributed by atoms with Gasteiger partial charge in [-0.1, -0.05) is 13.8 Å². The second kappa shape index (κ2) is 9.26. The fourth-order valence-electron chi connectivity index (χ4n) is 1.76. The van der Waals surface area contributed by atoms with Gasteiger partial charge in [-0.3, -0.25) is 4.52 Å². The van der Waals surface area contributed by atoms with Gasteiger partial charge in [0.2, 0.25) is 5.88 Å². The first-order valence-corrected chi connectivity index (χ1v) is 10.3. The van der Waals surface area contributed by atoms with Crippen molar-refractivity contribution in [2.75, 3.05) is 6.61 Å². The Hall–Kier alpha value is -1.51. The molecule has 0 amide bonds. The quantitative estimate of drug-likeness (QED) is 0.366. The highest BCUT2D eigenvalue weighted by Gasteiger charge is 2.25. The lowest BCUT2D eigenvalue weighted by atomic mass is 10.2. The van der Waals surface area contributed by atoms with Crippen molar-refractivity contribution in [1.29, 1.82) is 0 Å². The molecule has 25 heavy (non-hydrogen) atoms. The topological polar surface area (TPSA) is 88.5 Å². The van der Waals surface area contributed by atoms with E-state index in [1.165, 1.54) is 0 Å². The van der Waals surface area contributed by atoms with Crippen LogP contribution in [0.3, 0.4) is 0 Å². The minimum absolute atomic E-state index is 0.0721. The second-order valence-corrected chi connectivity index (χ2v) is 8.19. The Morgan fingerprint density at radius 3 is 2.72 bits per heavy atom. The Labute approximate surface area is 152 Å². The Kier molecular flexibility index (Phi) is 7.34. The molecule has 0 aromatic carbocycles. The predicted octanol–water partition coefficient (Wildman–Crippen LogP) is 3.49. The van der Waals surface area contributed by atoms with E-state index >= 15 is 0 Å². The van der Waals surface area contributed by atoms with E-state index in [4.69, 9.17) is 30.4 Å². The molecule has 2 rings (SSSR count). The standard InChI is InChI=1S/C15H21N4O4PS/c1-5-21-24(25,23-20-10-13-7-6-8-16-19-13)22-14-9-12(4)17-15(18-14)11(2)3/h6-9,11H,5,10H2,1-4H3. The molecule has 0 aliphatic heterocycles. The molecule has 2 heterocycles. The van der Waals surface area contributed by atoms with Gasteiger partial charge in [-0.05, 0) is 26.0 Å². The molecule has 0 aliphatic rings. The molecule has 8 nitrogen and oxygen atoms in total. The van der Waals surface area contributed by atoms with Crippen molar-refractivity contribution in [3.63, 3.8) is 0 Å². The van der Waals surface area contributed by atoms with Crippen LogP contribution in [0.4, 0.5) is 0 Å². The molecular weight excluding hydrogens is 363 g/mol.